The summed E-state index contributed by atoms with van der Waals surface area (Å²) < 4.78 is 5.34. The number of piperidine rings is 1. The van der Waals surface area contributed by atoms with E-state index in [1.807, 2.05) is 12.1 Å². The number of nitrogens with one attached hydrogen (secondary N) is 1. The molecule has 0 aromatic heterocycles. The third-order valence-corrected chi connectivity index (χ3v) is 5.69. The molecule has 3 unspecified atom stereocenters. The first-order chi connectivity index (χ1) is 11.7. The van der Waals surface area contributed by atoms with E-state index in [1.165, 1.54) is 18.4 Å². The van der Waals surface area contributed by atoms with Gasteiger partial charge in [-0.3, -0.25) is 4.79 Å². The fourth-order valence-electron chi connectivity index (χ4n) is 4.18. The van der Waals surface area contributed by atoms with Gasteiger partial charge in [0.05, 0.1) is 13.2 Å². The summed E-state index contributed by atoms with van der Waals surface area (Å²) >= 11 is 0. The Morgan fingerprint density at radius 1 is 1.38 bits per heavy atom. The Hall–Kier alpha value is -1.55. The van der Waals surface area contributed by atoms with Gasteiger partial charge in [-0.15, -0.1) is 0 Å². The maximum Gasteiger partial charge on any atom is 0.223 e. The fourth-order valence-corrected chi connectivity index (χ4v) is 4.18. The number of methoxy groups -OCH3 is 1. The minimum absolute atomic E-state index is 0.212. The molecule has 4 heteroatoms. The zero-order chi connectivity index (χ0) is 16.9. The molecule has 2 heterocycles. The van der Waals surface area contributed by atoms with Crippen molar-refractivity contribution in [2.45, 2.75) is 45.1 Å². The Morgan fingerprint density at radius 2 is 2.25 bits per heavy atom. The number of hydrogen-bond acceptors (Lipinski definition) is 3. The van der Waals surface area contributed by atoms with Crippen LogP contribution in [0.4, 0.5) is 0 Å². The van der Waals surface area contributed by atoms with Gasteiger partial charge in [0.15, 0.2) is 0 Å². The molecular weight excluding hydrogens is 300 g/mol. The minimum Gasteiger partial charge on any atom is -0.497 e. The average molecular weight is 330 g/mol. The molecule has 0 spiro atoms. The second kappa shape index (κ2) is 8.02. The van der Waals surface area contributed by atoms with Crippen LogP contribution in [0.5, 0.6) is 5.75 Å². The number of nitrogens with zero attached hydrogens (tertiary/aromatic N) is 1. The number of carbonyl (C=O) groups excluding carboxylic acids is 1. The van der Waals surface area contributed by atoms with Gasteiger partial charge in [-0.25, -0.2) is 0 Å². The van der Waals surface area contributed by atoms with Crippen molar-refractivity contribution < 1.29 is 9.53 Å². The number of likely N-dealkylation sites (tertiary alicyclic amines) is 1. The van der Waals surface area contributed by atoms with Crippen LogP contribution in [0.2, 0.25) is 0 Å². The fraction of sp³-hybridized carbons (Fsp3) is 0.650. The Balaban J connectivity index is 1.64. The Bertz CT molecular complexity index is 554. The number of carbonyl (C=O) groups is 1. The molecule has 24 heavy (non-hydrogen) atoms. The van der Waals surface area contributed by atoms with Crippen molar-refractivity contribution in [1.82, 2.24) is 10.2 Å². The normalized spacial score (nSPS) is 25.5. The van der Waals surface area contributed by atoms with E-state index in [4.69, 9.17) is 4.74 Å². The van der Waals surface area contributed by atoms with E-state index >= 15 is 0 Å². The molecule has 1 amide bonds. The molecule has 0 aliphatic carbocycles. The van der Waals surface area contributed by atoms with Gasteiger partial charge in [-0.1, -0.05) is 19.1 Å². The second-order valence-electron chi connectivity index (χ2n) is 7.31. The zero-order valence-corrected chi connectivity index (χ0v) is 15.0. The SMILES string of the molecule is COc1cccc(C2CCCN2C(=O)CC(C)C2CCCNC2)c1. The Kier molecular flexibility index (Phi) is 5.77. The molecule has 3 atom stereocenters. The standard InChI is InChI=1S/C20H30N2O2/c1-15(17-7-4-10-21-14-17)12-20(23)22-11-5-9-19(22)16-6-3-8-18(13-16)24-2/h3,6,8,13,15,17,19,21H,4-5,7,9-12,14H2,1-2H3. The van der Waals surface area contributed by atoms with Crippen LogP contribution in [-0.4, -0.2) is 37.6 Å². The molecule has 2 aliphatic heterocycles. The predicted molar refractivity (Wildman–Crippen MR) is 96.1 cm³/mol. The lowest BCUT2D eigenvalue weighted by molar-refractivity contribution is -0.133. The van der Waals surface area contributed by atoms with Gasteiger partial charge in [-0.2, -0.15) is 0 Å². The van der Waals surface area contributed by atoms with Crippen LogP contribution >= 0.6 is 0 Å². The number of amides is 1. The summed E-state index contributed by atoms with van der Waals surface area (Å²) in [5.41, 5.74) is 1.20. The highest BCUT2D eigenvalue weighted by Crippen LogP contribution is 2.35. The van der Waals surface area contributed by atoms with Crippen molar-refractivity contribution in [2.75, 3.05) is 26.7 Å². The molecule has 0 saturated carbocycles. The highest BCUT2D eigenvalue weighted by molar-refractivity contribution is 5.77. The topological polar surface area (TPSA) is 41.6 Å². The molecular formula is C20H30N2O2. The van der Waals surface area contributed by atoms with Crippen LogP contribution in [0.3, 0.4) is 0 Å². The van der Waals surface area contributed by atoms with Gasteiger partial charge < -0.3 is 15.0 Å². The molecule has 1 N–H and O–H groups in total. The van der Waals surface area contributed by atoms with Crippen molar-refractivity contribution in [3.05, 3.63) is 29.8 Å². The smallest absolute Gasteiger partial charge is 0.223 e. The third kappa shape index (κ3) is 3.92. The summed E-state index contributed by atoms with van der Waals surface area (Å²) in [5.74, 6) is 2.28. The van der Waals surface area contributed by atoms with Gasteiger partial charge in [0.25, 0.3) is 0 Å². The first kappa shape index (κ1) is 17.3. The quantitative estimate of drug-likeness (QED) is 0.900. The molecule has 0 bridgehead atoms. The number of benzene rings is 1. The van der Waals surface area contributed by atoms with Crippen molar-refractivity contribution in [2.24, 2.45) is 11.8 Å². The largest absolute Gasteiger partial charge is 0.497 e. The first-order valence-corrected chi connectivity index (χ1v) is 9.33. The maximum atomic E-state index is 12.9. The third-order valence-electron chi connectivity index (χ3n) is 5.69. The summed E-state index contributed by atoms with van der Waals surface area (Å²) in [6.07, 6.45) is 5.30. The molecule has 2 fully saturated rings. The first-order valence-electron chi connectivity index (χ1n) is 9.33. The van der Waals surface area contributed by atoms with Crippen molar-refractivity contribution in [1.29, 1.82) is 0 Å². The number of ether oxygens (including phenoxy) is 1. The van der Waals surface area contributed by atoms with Crippen molar-refractivity contribution in [3.63, 3.8) is 0 Å². The molecule has 132 valence electrons. The monoisotopic (exact) mass is 330 g/mol. The molecule has 2 saturated heterocycles. The Morgan fingerprint density at radius 3 is 3.00 bits per heavy atom. The number of rotatable bonds is 5. The molecule has 4 nitrogen and oxygen atoms in total. The van der Waals surface area contributed by atoms with Gasteiger partial charge in [-0.05, 0) is 68.3 Å². The van der Waals surface area contributed by atoms with E-state index < -0.39 is 0 Å². The van der Waals surface area contributed by atoms with Gasteiger partial charge >= 0.3 is 0 Å². The molecule has 0 radical (unpaired) electrons. The highest BCUT2D eigenvalue weighted by atomic mass is 16.5. The van der Waals surface area contributed by atoms with Gasteiger partial charge in [0.2, 0.25) is 5.91 Å². The molecule has 1 aromatic carbocycles. The van der Waals surface area contributed by atoms with E-state index in [-0.39, 0.29) is 6.04 Å². The second-order valence-corrected chi connectivity index (χ2v) is 7.31. The lowest BCUT2D eigenvalue weighted by Gasteiger charge is -2.31. The number of hydrogen-bond donors (Lipinski definition) is 1. The van der Waals surface area contributed by atoms with E-state index in [2.05, 4.69) is 29.3 Å². The predicted octanol–water partition coefficient (Wildman–Crippen LogP) is 3.38. The summed E-state index contributed by atoms with van der Waals surface area (Å²) in [7, 11) is 1.69. The van der Waals surface area contributed by atoms with Crippen LogP contribution in [0.15, 0.2) is 24.3 Å². The minimum atomic E-state index is 0.212. The van der Waals surface area contributed by atoms with Crippen LogP contribution < -0.4 is 10.1 Å². The van der Waals surface area contributed by atoms with E-state index in [0.717, 1.165) is 38.2 Å². The van der Waals surface area contributed by atoms with Gasteiger partial charge in [0, 0.05) is 13.0 Å². The van der Waals surface area contributed by atoms with Crippen molar-refractivity contribution in [3.8, 4) is 5.75 Å². The van der Waals surface area contributed by atoms with Crippen LogP contribution in [0.1, 0.15) is 50.6 Å². The maximum absolute atomic E-state index is 12.9. The van der Waals surface area contributed by atoms with E-state index in [0.29, 0.717) is 24.2 Å². The van der Waals surface area contributed by atoms with Crippen LogP contribution in [-0.2, 0) is 4.79 Å². The molecule has 2 aliphatic rings. The lowest BCUT2D eigenvalue weighted by Crippen LogP contribution is -2.37. The molecule has 3 rings (SSSR count). The highest BCUT2D eigenvalue weighted by Gasteiger charge is 2.32. The summed E-state index contributed by atoms with van der Waals surface area (Å²) in [6.45, 7) is 5.32. The van der Waals surface area contributed by atoms with E-state index in [1.54, 1.807) is 7.11 Å². The van der Waals surface area contributed by atoms with E-state index in [9.17, 15) is 4.79 Å². The Labute approximate surface area is 145 Å². The van der Waals surface area contributed by atoms with Crippen LogP contribution in [0, 0.1) is 11.8 Å². The zero-order valence-electron chi connectivity index (χ0n) is 15.0. The van der Waals surface area contributed by atoms with Gasteiger partial charge in [0.1, 0.15) is 5.75 Å². The average Bonchev–Trinajstić information content (AvgIpc) is 3.12. The lowest BCUT2D eigenvalue weighted by atomic mass is 9.85. The molecule has 1 aromatic rings. The summed E-state index contributed by atoms with van der Waals surface area (Å²) in [5, 5.41) is 3.47. The summed E-state index contributed by atoms with van der Waals surface area (Å²) in [6, 6.07) is 8.39. The van der Waals surface area contributed by atoms with Crippen molar-refractivity contribution >= 4 is 5.91 Å². The summed E-state index contributed by atoms with van der Waals surface area (Å²) in [4.78, 5) is 15.0. The van der Waals surface area contributed by atoms with Crippen LogP contribution in [0.25, 0.3) is 0 Å².